The third-order valence-electron chi connectivity index (χ3n) is 11.2. The van der Waals surface area contributed by atoms with Crippen LogP contribution >= 0.6 is 0 Å². The van der Waals surface area contributed by atoms with Gasteiger partial charge in [0.15, 0.2) is 0 Å². The van der Waals surface area contributed by atoms with Gasteiger partial charge in [-0.3, -0.25) is 4.57 Å². The second-order valence-corrected chi connectivity index (χ2v) is 14.0. The number of pyridine rings is 1. The lowest BCUT2D eigenvalue weighted by Gasteiger charge is -2.13. The number of benzene rings is 6. The van der Waals surface area contributed by atoms with E-state index >= 15 is 0 Å². The summed E-state index contributed by atoms with van der Waals surface area (Å²) in [6.45, 7) is 10.8. The second kappa shape index (κ2) is 12.4. The molecule has 0 unspecified atom stereocenters. The van der Waals surface area contributed by atoms with Crippen LogP contribution in [-0.2, 0) is 0 Å². The third-order valence-corrected chi connectivity index (χ3v) is 11.2. The first-order chi connectivity index (χ1) is 26.6. The van der Waals surface area contributed by atoms with Crippen LogP contribution in [0.3, 0.4) is 0 Å². The van der Waals surface area contributed by atoms with E-state index in [-0.39, 0.29) is 0 Å². The zero-order valence-corrected chi connectivity index (χ0v) is 30.2. The molecule has 0 radical (unpaired) electrons. The molecule has 9 aromatic rings. The summed E-state index contributed by atoms with van der Waals surface area (Å²) < 4.78 is 4.71. The lowest BCUT2D eigenvalue weighted by Crippen LogP contribution is -2.03. The molecule has 0 saturated carbocycles. The Morgan fingerprint density at radius 1 is 0.648 bits per heavy atom. The van der Waals surface area contributed by atoms with Crippen LogP contribution in [0.25, 0.3) is 93.7 Å². The Morgan fingerprint density at radius 2 is 1.28 bits per heavy atom. The van der Waals surface area contributed by atoms with Crippen molar-refractivity contribution in [3.8, 4) is 22.6 Å². The van der Waals surface area contributed by atoms with Crippen molar-refractivity contribution in [1.29, 1.82) is 0 Å². The predicted molar refractivity (Wildman–Crippen MR) is 230 cm³/mol. The van der Waals surface area contributed by atoms with E-state index in [1.54, 1.807) is 0 Å². The van der Waals surface area contributed by atoms with E-state index in [2.05, 4.69) is 163 Å². The van der Waals surface area contributed by atoms with Gasteiger partial charge in [-0.1, -0.05) is 117 Å². The van der Waals surface area contributed by atoms with Gasteiger partial charge in [-0.15, -0.1) is 0 Å². The molecule has 0 bridgehead atoms. The van der Waals surface area contributed by atoms with Crippen molar-refractivity contribution >= 4 is 71.1 Å². The zero-order chi connectivity index (χ0) is 36.5. The molecule has 0 amide bonds. The van der Waals surface area contributed by atoms with Crippen LogP contribution in [0.15, 0.2) is 165 Å². The first-order valence-electron chi connectivity index (χ1n) is 18.6. The standard InChI is InChI=1S/C50H38N4/c1-4-13-31(5-2)32-14-11-15-35(26-32)53-45-20-9-7-16-37(45)41-27-33(22-24-47(41)53)34-23-25-48-42(28-34)38-17-8-10-21-46(38)54(48)50-40-19-12-18-39-36(6-3)43(29-51)44(30-52-50)49(39)40/h5-28,30H,2-4,29,51H2,1H3/b31-13+. The lowest BCUT2D eigenvalue weighted by molar-refractivity contribution is 1.10. The molecule has 1 aliphatic rings. The number of hydrogen-bond acceptors (Lipinski definition) is 2. The maximum absolute atomic E-state index is 6.27. The Morgan fingerprint density at radius 3 is 1.94 bits per heavy atom. The van der Waals surface area contributed by atoms with E-state index in [1.165, 1.54) is 60.2 Å². The molecule has 0 atom stereocenters. The van der Waals surface area contributed by atoms with Gasteiger partial charge in [0.1, 0.15) is 5.82 Å². The zero-order valence-electron chi connectivity index (χ0n) is 30.2. The van der Waals surface area contributed by atoms with Gasteiger partial charge in [0.25, 0.3) is 0 Å². The number of rotatable bonds is 8. The molecular formula is C50H38N4. The highest BCUT2D eigenvalue weighted by Crippen LogP contribution is 2.45. The van der Waals surface area contributed by atoms with Gasteiger partial charge in [-0.2, -0.15) is 0 Å². The van der Waals surface area contributed by atoms with Gasteiger partial charge in [0.2, 0.25) is 0 Å². The average molecular weight is 695 g/mol. The second-order valence-electron chi connectivity index (χ2n) is 14.0. The van der Waals surface area contributed by atoms with Gasteiger partial charge < -0.3 is 10.3 Å². The molecule has 54 heavy (non-hydrogen) atoms. The van der Waals surface area contributed by atoms with Crippen molar-refractivity contribution in [1.82, 2.24) is 14.1 Å². The molecular weight excluding hydrogens is 657 g/mol. The molecule has 0 aliphatic heterocycles. The fraction of sp³-hybridized carbons (Fsp3) is 0.0600. The van der Waals surface area contributed by atoms with Crippen LogP contribution in [0, 0.1) is 0 Å². The summed E-state index contributed by atoms with van der Waals surface area (Å²) in [4.78, 5) is 5.15. The molecule has 0 spiro atoms. The highest BCUT2D eigenvalue weighted by molar-refractivity contribution is 6.18. The van der Waals surface area contributed by atoms with Crippen LogP contribution in [0.2, 0.25) is 0 Å². The van der Waals surface area contributed by atoms with E-state index in [1.807, 2.05) is 18.3 Å². The molecule has 6 aromatic carbocycles. The number of nitrogens with two attached hydrogens (primary N) is 1. The summed E-state index contributed by atoms with van der Waals surface area (Å²) >= 11 is 0. The predicted octanol–water partition coefficient (Wildman–Crippen LogP) is 12.4. The van der Waals surface area contributed by atoms with Gasteiger partial charge in [-0.05, 0) is 93.9 Å². The number of hydrogen-bond donors (Lipinski definition) is 1. The minimum atomic E-state index is 0.441. The van der Waals surface area contributed by atoms with Crippen LogP contribution < -0.4 is 5.73 Å². The van der Waals surface area contributed by atoms with Gasteiger partial charge in [0, 0.05) is 56.3 Å². The van der Waals surface area contributed by atoms with Crippen LogP contribution in [0.4, 0.5) is 0 Å². The molecule has 2 N–H and O–H groups in total. The van der Waals surface area contributed by atoms with Gasteiger partial charge >= 0.3 is 0 Å². The number of nitrogens with zero attached hydrogens (tertiary/aromatic N) is 3. The largest absolute Gasteiger partial charge is 0.326 e. The van der Waals surface area contributed by atoms with Crippen molar-refractivity contribution in [3.05, 3.63) is 182 Å². The van der Waals surface area contributed by atoms with Crippen LogP contribution in [-0.4, -0.2) is 20.7 Å². The van der Waals surface area contributed by atoms with Crippen molar-refractivity contribution in [2.45, 2.75) is 13.3 Å². The van der Waals surface area contributed by atoms with E-state index in [0.717, 1.165) is 56.6 Å². The summed E-state index contributed by atoms with van der Waals surface area (Å²) in [5.41, 5.74) is 21.2. The summed E-state index contributed by atoms with van der Waals surface area (Å²) in [5, 5.41) is 7.15. The summed E-state index contributed by atoms with van der Waals surface area (Å²) in [7, 11) is 0. The molecule has 10 rings (SSSR count). The highest BCUT2D eigenvalue weighted by atomic mass is 15.1. The van der Waals surface area contributed by atoms with Crippen molar-refractivity contribution in [3.63, 3.8) is 0 Å². The monoisotopic (exact) mass is 694 g/mol. The van der Waals surface area contributed by atoms with Crippen molar-refractivity contribution in [2.24, 2.45) is 5.73 Å². The first kappa shape index (κ1) is 31.9. The molecule has 258 valence electrons. The minimum absolute atomic E-state index is 0.441. The number of fused-ring (bicyclic) bond motifs is 6. The van der Waals surface area contributed by atoms with E-state index in [9.17, 15) is 0 Å². The molecule has 3 aromatic heterocycles. The normalized spacial score (nSPS) is 13.0. The van der Waals surface area contributed by atoms with E-state index in [0.29, 0.717) is 6.54 Å². The topological polar surface area (TPSA) is 48.8 Å². The van der Waals surface area contributed by atoms with E-state index < -0.39 is 0 Å². The van der Waals surface area contributed by atoms with Crippen LogP contribution in [0.5, 0.6) is 0 Å². The molecule has 0 fully saturated rings. The Balaban J connectivity index is 1.14. The van der Waals surface area contributed by atoms with Crippen molar-refractivity contribution in [2.75, 3.05) is 6.54 Å². The average Bonchev–Trinajstić information content (AvgIpc) is 3.85. The van der Waals surface area contributed by atoms with Gasteiger partial charge in [-0.25, -0.2) is 4.98 Å². The summed E-state index contributed by atoms with van der Waals surface area (Å²) in [5.74, 6) is 0.917. The van der Waals surface area contributed by atoms with Gasteiger partial charge in [0.05, 0.1) is 22.1 Å². The minimum Gasteiger partial charge on any atom is -0.326 e. The fourth-order valence-electron chi connectivity index (χ4n) is 8.86. The molecule has 1 aliphatic carbocycles. The fourth-order valence-corrected chi connectivity index (χ4v) is 8.86. The number of allylic oxidation sites excluding steroid dienone is 5. The first-order valence-corrected chi connectivity index (χ1v) is 18.6. The Kier molecular flexibility index (Phi) is 7.36. The Labute approximate surface area is 314 Å². The third kappa shape index (κ3) is 4.57. The van der Waals surface area contributed by atoms with Crippen molar-refractivity contribution < 1.29 is 0 Å². The molecule has 3 heterocycles. The quantitative estimate of drug-likeness (QED) is 0.161. The lowest BCUT2D eigenvalue weighted by atomic mass is 10.0. The smallest absolute Gasteiger partial charge is 0.145 e. The maximum atomic E-state index is 6.27. The van der Waals surface area contributed by atoms with Crippen LogP contribution in [0.1, 0.15) is 30.0 Å². The SMILES string of the molecule is C=CC1=C(CN)c2cnc(-n3c4ccccc4c4cc(-c5ccc6c(c5)c5ccccc5n6-c5cccc(/C(C=C)=C/CC)c5)ccc43)c3cccc1c23. The Hall–Kier alpha value is -6.75. The summed E-state index contributed by atoms with van der Waals surface area (Å²) in [6, 6.07) is 46.4. The Bertz CT molecular complexity index is 3110. The number of aromatic nitrogens is 3. The molecule has 4 heteroatoms. The molecule has 4 nitrogen and oxygen atoms in total. The highest BCUT2D eigenvalue weighted by Gasteiger charge is 2.25. The maximum Gasteiger partial charge on any atom is 0.145 e. The molecule has 0 saturated heterocycles. The van der Waals surface area contributed by atoms with E-state index in [4.69, 9.17) is 10.7 Å². The number of para-hydroxylation sites is 2. The summed E-state index contributed by atoms with van der Waals surface area (Å²) in [6.07, 6.45) is 9.07.